The van der Waals surface area contributed by atoms with Crippen LogP contribution in [0.4, 0.5) is 5.69 Å². The Kier molecular flexibility index (Phi) is 1.89. The second-order valence-electron chi connectivity index (χ2n) is 2.86. The van der Waals surface area contributed by atoms with E-state index in [1.54, 1.807) is 0 Å². The first-order valence-electron chi connectivity index (χ1n) is 3.85. The standard InChI is InChI=1S/C8H5ClN2O3/c9-5-1-2-6(11(13)14)7-4(5)3-10-8(7)12/h1-2H,3H2,(H,10,12). The third-order valence-corrected chi connectivity index (χ3v) is 2.44. The minimum atomic E-state index is -0.583. The van der Waals surface area contributed by atoms with Crippen LogP contribution in [0, 0.1) is 10.1 Å². The van der Waals surface area contributed by atoms with Crippen molar-refractivity contribution in [2.24, 2.45) is 0 Å². The molecule has 0 bridgehead atoms. The van der Waals surface area contributed by atoms with Gasteiger partial charge in [-0.05, 0) is 6.07 Å². The third-order valence-electron chi connectivity index (χ3n) is 2.08. The summed E-state index contributed by atoms with van der Waals surface area (Å²) in [4.78, 5) is 21.3. The molecule has 6 heteroatoms. The highest BCUT2D eigenvalue weighted by molar-refractivity contribution is 6.32. The van der Waals surface area contributed by atoms with Crippen molar-refractivity contribution in [1.82, 2.24) is 5.32 Å². The zero-order valence-corrected chi connectivity index (χ0v) is 7.67. The summed E-state index contributed by atoms with van der Waals surface area (Å²) in [6, 6.07) is 2.67. The van der Waals surface area contributed by atoms with E-state index in [2.05, 4.69) is 5.32 Å². The molecule has 1 aromatic carbocycles. The number of nitro groups is 1. The topological polar surface area (TPSA) is 72.2 Å². The van der Waals surface area contributed by atoms with Crippen LogP contribution in [-0.2, 0) is 6.54 Å². The molecule has 0 atom stereocenters. The van der Waals surface area contributed by atoms with Crippen LogP contribution in [0.3, 0.4) is 0 Å². The first kappa shape index (κ1) is 8.96. The summed E-state index contributed by atoms with van der Waals surface area (Å²) in [5.41, 5.74) is 0.396. The summed E-state index contributed by atoms with van der Waals surface area (Å²) in [6.45, 7) is 0.259. The Hall–Kier alpha value is -1.62. The van der Waals surface area contributed by atoms with Crippen LogP contribution in [0.5, 0.6) is 0 Å². The Labute approximate surface area is 83.8 Å². The predicted molar refractivity (Wildman–Crippen MR) is 49.3 cm³/mol. The number of hydrogen-bond donors (Lipinski definition) is 1. The van der Waals surface area contributed by atoms with Crippen LogP contribution < -0.4 is 5.32 Å². The number of nitrogens with one attached hydrogen (secondary N) is 1. The summed E-state index contributed by atoms with van der Waals surface area (Å²) in [5, 5.41) is 13.5. The molecule has 72 valence electrons. The van der Waals surface area contributed by atoms with Gasteiger partial charge in [-0.3, -0.25) is 14.9 Å². The summed E-state index contributed by atoms with van der Waals surface area (Å²) >= 11 is 5.80. The molecule has 1 aromatic rings. The van der Waals surface area contributed by atoms with E-state index < -0.39 is 10.8 Å². The summed E-state index contributed by atoms with van der Waals surface area (Å²) in [5.74, 6) is -0.436. The maximum absolute atomic E-state index is 11.3. The molecule has 1 amide bonds. The van der Waals surface area contributed by atoms with Gasteiger partial charge in [-0.2, -0.15) is 0 Å². The quantitative estimate of drug-likeness (QED) is 0.566. The van der Waals surface area contributed by atoms with Crippen molar-refractivity contribution in [2.45, 2.75) is 6.54 Å². The maximum atomic E-state index is 11.3. The minimum Gasteiger partial charge on any atom is -0.348 e. The average Bonchev–Trinajstić information content (AvgIpc) is 2.50. The molecule has 1 aliphatic rings. The van der Waals surface area contributed by atoms with Gasteiger partial charge in [0.1, 0.15) is 5.56 Å². The van der Waals surface area contributed by atoms with E-state index >= 15 is 0 Å². The number of rotatable bonds is 1. The molecule has 0 aromatic heterocycles. The summed E-state index contributed by atoms with van der Waals surface area (Å²) in [7, 11) is 0. The number of hydrogen-bond acceptors (Lipinski definition) is 3. The lowest BCUT2D eigenvalue weighted by atomic mass is 10.1. The van der Waals surface area contributed by atoms with Gasteiger partial charge in [0.25, 0.3) is 11.6 Å². The molecular formula is C8H5ClN2O3. The van der Waals surface area contributed by atoms with Gasteiger partial charge in [0, 0.05) is 23.2 Å². The fourth-order valence-corrected chi connectivity index (χ4v) is 1.67. The number of nitro benzene ring substituents is 1. The SMILES string of the molecule is O=C1NCc2c(Cl)ccc([N+](=O)[O-])c21. The molecule has 1 heterocycles. The van der Waals surface area contributed by atoms with Gasteiger partial charge >= 0.3 is 0 Å². The summed E-state index contributed by atoms with van der Waals surface area (Å²) in [6.07, 6.45) is 0. The van der Waals surface area contributed by atoms with Crippen LogP contribution in [0.1, 0.15) is 15.9 Å². The van der Waals surface area contributed by atoms with Crippen molar-refractivity contribution in [3.8, 4) is 0 Å². The van der Waals surface area contributed by atoms with E-state index in [4.69, 9.17) is 11.6 Å². The maximum Gasteiger partial charge on any atom is 0.282 e. The van der Waals surface area contributed by atoms with Crippen LogP contribution in [0.2, 0.25) is 5.02 Å². The van der Waals surface area contributed by atoms with E-state index in [0.717, 1.165) is 0 Å². The van der Waals surface area contributed by atoms with Gasteiger partial charge in [-0.25, -0.2) is 0 Å². The summed E-state index contributed by atoms with van der Waals surface area (Å²) < 4.78 is 0. The van der Waals surface area contributed by atoms with Crippen molar-refractivity contribution in [2.75, 3.05) is 0 Å². The van der Waals surface area contributed by atoms with Gasteiger partial charge in [0.2, 0.25) is 0 Å². The van der Waals surface area contributed by atoms with Crippen LogP contribution >= 0.6 is 11.6 Å². The van der Waals surface area contributed by atoms with Gasteiger partial charge in [0.05, 0.1) is 4.92 Å². The number of benzene rings is 1. The highest BCUT2D eigenvalue weighted by Crippen LogP contribution is 2.31. The van der Waals surface area contributed by atoms with Gasteiger partial charge in [-0.1, -0.05) is 11.6 Å². The molecule has 0 aliphatic carbocycles. The third kappa shape index (κ3) is 1.13. The lowest BCUT2D eigenvalue weighted by Crippen LogP contribution is -2.13. The Balaban J connectivity index is 2.72. The second kappa shape index (κ2) is 2.95. The van der Waals surface area contributed by atoms with E-state index in [1.165, 1.54) is 12.1 Å². The van der Waals surface area contributed by atoms with E-state index in [-0.39, 0.29) is 17.8 Å². The van der Waals surface area contributed by atoms with Crippen molar-refractivity contribution < 1.29 is 9.72 Å². The van der Waals surface area contributed by atoms with Crippen molar-refractivity contribution in [1.29, 1.82) is 0 Å². The van der Waals surface area contributed by atoms with Crippen molar-refractivity contribution >= 4 is 23.2 Å². The van der Waals surface area contributed by atoms with E-state index in [9.17, 15) is 14.9 Å². The number of fused-ring (bicyclic) bond motifs is 1. The molecule has 0 saturated carbocycles. The first-order valence-corrected chi connectivity index (χ1v) is 4.23. The molecule has 0 radical (unpaired) electrons. The number of halogens is 1. The molecule has 0 saturated heterocycles. The number of carbonyl (C=O) groups is 1. The molecule has 1 N–H and O–H groups in total. The van der Waals surface area contributed by atoms with E-state index in [0.29, 0.717) is 10.6 Å². The Morgan fingerprint density at radius 2 is 2.21 bits per heavy atom. The molecule has 0 spiro atoms. The van der Waals surface area contributed by atoms with Crippen molar-refractivity contribution in [3.05, 3.63) is 38.4 Å². The van der Waals surface area contributed by atoms with Crippen LogP contribution in [-0.4, -0.2) is 10.8 Å². The van der Waals surface area contributed by atoms with Crippen LogP contribution in [0.25, 0.3) is 0 Å². The Morgan fingerprint density at radius 1 is 1.50 bits per heavy atom. The van der Waals surface area contributed by atoms with Crippen molar-refractivity contribution in [3.63, 3.8) is 0 Å². The molecule has 0 fully saturated rings. The number of carbonyl (C=O) groups excluding carboxylic acids is 1. The Bertz CT molecular complexity index is 444. The van der Waals surface area contributed by atoms with E-state index in [1.807, 2.05) is 0 Å². The molecule has 2 rings (SSSR count). The number of nitrogens with zero attached hydrogens (tertiary/aromatic N) is 1. The Morgan fingerprint density at radius 3 is 2.86 bits per heavy atom. The minimum absolute atomic E-state index is 0.0856. The predicted octanol–water partition coefficient (Wildman–Crippen LogP) is 1.49. The fraction of sp³-hybridized carbons (Fsp3) is 0.125. The van der Waals surface area contributed by atoms with Crippen LogP contribution in [0.15, 0.2) is 12.1 Å². The molecule has 1 aliphatic heterocycles. The second-order valence-corrected chi connectivity index (χ2v) is 3.27. The molecule has 5 nitrogen and oxygen atoms in total. The molecular weight excluding hydrogens is 208 g/mol. The lowest BCUT2D eigenvalue weighted by Gasteiger charge is -1.99. The average molecular weight is 213 g/mol. The zero-order valence-electron chi connectivity index (χ0n) is 6.91. The van der Waals surface area contributed by atoms with Gasteiger partial charge in [-0.15, -0.1) is 0 Å². The first-order chi connectivity index (χ1) is 6.61. The normalized spacial score (nSPS) is 13.6. The molecule has 0 unspecified atom stereocenters. The zero-order chi connectivity index (χ0) is 10.3. The smallest absolute Gasteiger partial charge is 0.282 e. The van der Waals surface area contributed by atoms with Gasteiger partial charge < -0.3 is 5.32 Å². The number of amides is 1. The molecule has 14 heavy (non-hydrogen) atoms. The fourth-order valence-electron chi connectivity index (χ4n) is 1.45. The highest BCUT2D eigenvalue weighted by Gasteiger charge is 2.30. The monoisotopic (exact) mass is 212 g/mol. The van der Waals surface area contributed by atoms with Gasteiger partial charge in [0.15, 0.2) is 0 Å². The highest BCUT2D eigenvalue weighted by atomic mass is 35.5. The lowest BCUT2D eigenvalue weighted by molar-refractivity contribution is -0.385. The largest absolute Gasteiger partial charge is 0.348 e.